The third-order valence-corrected chi connectivity index (χ3v) is 14.6. The lowest BCUT2D eigenvalue weighted by molar-refractivity contribution is 0.444. The molecule has 326 valence electrons. The van der Waals surface area contributed by atoms with E-state index in [-0.39, 0.29) is 0 Å². The molecular formula is C64H55N3. The van der Waals surface area contributed by atoms with E-state index in [1.165, 1.54) is 126 Å². The summed E-state index contributed by atoms with van der Waals surface area (Å²) in [4.78, 5) is 2.38. The second kappa shape index (κ2) is 16.7. The number of nitrogens with zero attached hydrogens (tertiary/aromatic N) is 3. The van der Waals surface area contributed by atoms with Gasteiger partial charge >= 0.3 is 0 Å². The summed E-state index contributed by atoms with van der Waals surface area (Å²) in [6, 6.07) is 73.3. The molecule has 1 fully saturated rings. The predicted octanol–water partition coefficient (Wildman–Crippen LogP) is 18.0. The van der Waals surface area contributed by atoms with Crippen molar-refractivity contribution in [3.63, 3.8) is 0 Å². The molecular weight excluding hydrogens is 811 g/mol. The average Bonchev–Trinajstić information content (AvgIpc) is 3.89. The van der Waals surface area contributed by atoms with Crippen LogP contribution in [0, 0.1) is 27.7 Å². The molecule has 3 heteroatoms. The Balaban J connectivity index is 1.24. The number of aryl methyl sites for hydroxylation is 4. The fourth-order valence-corrected chi connectivity index (χ4v) is 11.2. The van der Waals surface area contributed by atoms with Gasteiger partial charge in [-0.15, -0.1) is 0 Å². The van der Waals surface area contributed by atoms with E-state index in [0.717, 1.165) is 28.4 Å². The summed E-state index contributed by atoms with van der Waals surface area (Å²) in [5.41, 5.74) is 22.0. The maximum atomic E-state index is 2.56. The molecule has 12 rings (SSSR count). The minimum atomic E-state index is 0.572. The van der Waals surface area contributed by atoms with Crippen LogP contribution in [0.3, 0.4) is 0 Å². The van der Waals surface area contributed by atoms with Gasteiger partial charge in [0, 0.05) is 61.1 Å². The number of aromatic nitrogens is 2. The first-order valence-electron chi connectivity index (χ1n) is 24.2. The zero-order chi connectivity index (χ0) is 45.2. The van der Waals surface area contributed by atoms with Gasteiger partial charge in [0.05, 0.1) is 22.1 Å². The van der Waals surface area contributed by atoms with Crippen molar-refractivity contribution < 1.29 is 0 Å². The van der Waals surface area contributed by atoms with Crippen molar-refractivity contribution in [3.05, 3.63) is 222 Å². The second-order valence-electron chi connectivity index (χ2n) is 19.1. The molecule has 0 N–H and O–H groups in total. The van der Waals surface area contributed by atoms with E-state index >= 15 is 0 Å². The quantitative estimate of drug-likeness (QED) is 0.148. The first-order chi connectivity index (χ1) is 32.9. The van der Waals surface area contributed by atoms with Gasteiger partial charge in [0.1, 0.15) is 0 Å². The van der Waals surface area contributed by atoms with Gasteiger partial charge in [-0.3, -0.25) is 0 Å². The lowest BCUT2D eigenvalue weighted by Gasteiger charge is -2.26. The van der Waals surface area contributed by atoms with Crippen LogP contribution in [-0.4, -0.2) is 9.13 Å². The molecule has 2 aromatic heterocycles. The molecule has 0 amide bonds. The molecule has 0 aliphatic heterocycles. The topological polar surface area (TPSA) is 13.1 Å². The van der Waals surface area contributed by atoms with Crippen molar-refractivity contribution in [3.8, 4) is 33.6 Å². The number of benzene rings is 9. The van der Waals surface area contributed by atoms with E-state index in [0.29, 0.717) is 5.92 Å². The fraction of sp³-hybridized carbons (Fsp3) is 0.156. The Morgan fingerprint density at radius 2 is 0.806 bits per heavy atom. The Bertz CT molecular complexity index is 3550. The molecule has 0 saturated heterocycles. The highest BCUT2D eigenvalue weighted by molar-refractivity contribution is 6.33. The van der Waals surface area contributed by atoms with E-state index in [4.69, 9.17) is 0 Å². The largest absolute Gasteiger partial charge is 0.311 e. The smallest absolute Gasteiger partial charge is 0.0795 e. The molecule has 0 spiro atoms. The second-order valence-corrected chi connectivity index (χ2v) is 19.1. The number of fused-ring (bicyclic) bond motifs is 7. The highest BCUT2D eigenvalue weighted by Crippen LogP contribution is 2.53. The molecule has 11 aromatic rings. The van der Waals surface area contributed by atoms with Crippen molar-refractivity contribution in [1.82, 2.24) is 9.13 Å². The van der Waals surface area contributed by atoms with Crippen LogP contribution in [0.15, 0.2) is 194 Å². The number of hydrogen-bond donors (Lipinski definition) is 0. The van der Waals surface area contributed by atoms with Gasteiger partial charge in [0.25, 0.3) is 0 Å². The monoisotopic (exact) mass is 865 g/mol. The summed E-state index contributed by atoms with van der Waals surface area (Å²) in [5.74, 6) is 0.572. The normalized spacial score (nSPS) is 13.3. The molecule has 1 aliphatic carbocycles. The molecule has 1 saturated carbocycles. The summed E-state index contributed by atoms with van der Waals surface area (Å²) in [7, 11) is 0. The molecule has 1 aliphatic rings. The van der Waals surface area contributed by atoms with Gasteiger partial charge in [0.2, 0.25) is 0 Å². The lowest BCUT2D eigenvalue weighted by atomic mass is 9.81. The third kappa shape index (κ3) is 7.04. The van der Waals surface area contributed by atoms with Gasteiger partial charge in [-0.05, 0) is 136 Å². The summed E-state index contributed by atoms with van der Waals surface area (Å²) in [6.45, 7) is 8.67. The van der Waals surface area contributed by atoms with Gasteiger partial charge in [-0.25, -0.2) is 0 Å². The number of rotatable bonds is 8. The van der Waals surface area contributed by atoms with Gasteiger partial charge in [-0.2, -0.15) is 0 Å². The molecule has 0 bridgehead atoms. The summed E-state index contributed by atoms with van der Waals surface area (Å²) < 4.78 is 5.10. The van der Waals surface area contributed by atoms with Crippen molar-refractivity contribution in [2.75, 3.05) is 4.90 Å². The van der Waals surface area contributed by atoms with Gasteiger partial charge < -0.3 is 14.0 Å². The van der Waals surface area contributed by atoms with Crippen LogP contribution in [0.2, 0.25) is 0 Å². The molecule has 9 aromatic carbocycles. The van der Waals surface area contributed by atoms with Crippen LogP contribution < -0.4 is 4.90 Å². The minimum Gasteiger partial charge on any atom is -0.311 e. The summed E-state index contributed by atoms with van der Waals surface area (Å²) in [6.07, 6.45) is 6.44. The third-order valence-electron chi connectivity index (χ3n) is 14.6. The Morgan fingerprint density at radius 1 is 0.388 bits per heavy atom. The van der Waals surface area contributed by atoms with E-state index in [9.17, 15) is 0 Å². The van der Waals surface area contributed by atoms with E-state index < -0.39 is 0 Å². The first-order valence-corrected chi connectivity index (χ1v) is 24.2. The van der Waals surface area contributed by atoms with Crippen LogP contribution in [0.25, 0.3) is 77.2 Å². The molecule has 0 radical (unpaired) electrons. The highest BCUT2D eigenvalue weighted by atomic mass is 15.1. The average molecular weight is 866 g/mol. The minimum absolute atomic E-state index is 0.572. The van der Waals surface area contributed by atoms with Crippen LogP contribution in [-0.2, 0) is 0 Å². The highest BCUT2D eigenvalue weighted by Gasteiger charge is 2.29. The van der Waals surface area contributed by atoms with Gasteiger partial charge in [-0.1, -0.05) is 163 Å². The number of hydrogen-bond acceptors (Lipinski definition) is 1. The van der Waals surface area contributed by atoms with E-state index in [1.54, 1.807) is 0 Å². The predicted molar refractivity (Wildman–Crippen MR) is 285 cm³/mol. The number of anilines is 3. The van der Waals surface area contributed by atoms with Crippen molar-refractivity contribution >= 4 is 60.7 Å². The number of para-hydroxylation sites is 2. The van der Waals surface area contributed by atoms with Gasteiger partial charge in [0.15, 0.2) is 0 Å². The van der Waals surface area contributed by atoms with Crippen LogP contribution in [0.4, 0.5) is 17.1 Å². The SMILES string of the molecule is Cc1ccc(N(c2ccc(C)cc2)c2ccc(-c3c(-c4cccc(C5CCCCC5)c4)c4c5ccccc5n(-c5ccc(C)cc5)c4c4c3c3ccccc3n4-c3ccc(C)cc3)cc2)cc1. The van der Waals surface area contributed by atoms with E-state index in [2.05, 4.69) is 236 Å². The Hall–Kier alpha value is -7.62. The zero-order valence-corrected chi connectivity index (χ0v) is 38.9. The first kappa shape index (κ1) is 40.9. The van der Waals surface area contributed by atoms with Crippen molar-refractivity contribution in [2.45, 2.75) is 65.7 Å². The maximum absolute atomic E-state index is 2.56. The zero-order valence-electron chi connectivity index (χ0n) is 38.9. The summed E-state index contributed by atoms with van der Waals surface area (Å²) >= 11 is 0. The van der Waals surface area contributed by atoms with Crippen LogP contribution in [0.5, 0.6) is 0 Å². The standard InChI is InChI=1S/C64H55N3/c1-42-21-31-50(32-22-42)65(51-33-23-43(2)24-34-51)52-39-29-47(30-40-52)59-60(49-16-12-15-48(41-49)46-13-6-5-7-14-46)62-56-18-9-11-20-58(56)67(54-37-27-45(4)28-38-54)64(62)63-61(59)55-17-8-10-19-57(55)66(63)53-35-25-44(3)26-36-53/h8-12,15-41,46H,5-7,13-14H2,1-4H3. The molecule has 0 unspecified atom stereocenters. The Kier molecular flexibility index (Phi) is 10.2. The Morgan fingerprint density at radius 3 is 1.28 bits per heavy atom. The van der Waals surface area contributed by atoms with Crippen molar-refractivity contribution in [1.29, 1.82) is 0 Å². The summed E-state index contributed by atoms with van der Waals surface area (Å²) in [5, 5.41) is 5.03. The molecule has 2 heterocycles. The molecule has 0 atom stereocenters. The Labute approximate surface area is 394 Å². The lowest BCUT2D eigenvalue weighted by Crippen LogP contribution is -2.09. The van der Waals surface area contributed by atoms with E-state index in [1.807, 2.05) is 0 Å². The van der Waals surface area contributed by atoms with Crippen molar-refractivity contribution in [2.24, 2.45) is 0 Å². The van der Waals surface area contributed by atoms with Crippen LogP contribution in [0.1, 0.15) is 65.8 Å². The molecule has 67 heavy (non-hydrogen) atoms. The van der Waals surface area contributed by atoms with Crippen LogP contribution >= 0.6 is 0 Å². The maximum Gasteiger partial charge on any atom is 0.0795 e. The molecule has 3 nitrogen and oxygen atoms in total. The fourth-order valence-electron chi connectivity index (χ4n) is 11.2.